The van der Waals surface area contributed by atoms with Gasteiger partial charge in [0.1, 0.15) is 0 Å². The molecule has 29 heavy (non-hydrogen) atoms. The van der Waals surface area contributed by atoms with Gasteiger partial charge in [-0.3, -0.25) is 19.4 Å². The van der Waals surface area contributed by atoms with Crippen molar-refractivity contribution in [1.29, 1.82) is 0 Å². The minimum absolute atomic E-state index is 0.00755. The molecule has 0 saturated heterocycles. The summed E-state index contributed by atoms with van der Waals surface area (Å²) >= 11 is 0. The molecule has 1 saturated carbocycles. The van der Waals surface area contributed by atoms with Crippen molar-refractivity contribution in [2.45, 2.75) is 37.8 Å². The lowest BCUT2D eigenvalue weighted by Gasteiger charge is -2.29. The summed E-state index contributed by atoms with van der Waals surface area (Å²) in [5.41, 5.74) is 1.48. The molecule has 0 unspecified atom stereocenters. The minimum Gasteiger partial charge on any atom is -0.349 e. The lowest BCUT2D eigenvalue weighted by molar-refractivity contribution is 0.0921. The molecule has 0 spiro atoms. The maximum Gasteiger partial charge on any atom is 0.267 e. The molecule has 3 heterocycles. The van der Waals surface area contributed by atoms with E-state index in [0.717, 1.165) is 31.2 Å². The lowest BCUT2D eigenvalue weighted by Crippen LogP contribution is -2.39. The van der Waals surface area contributed by atoms with Crippen molar-refractivity contribution in [3.8, 4) is 11.3 Å². The maximum atomic E-state index is 12.4. The summed E-state index contributed by atoms with van der Waals surface area (Å²) in [6.07, 6.45) is 7.84. The fourth-order valence-corrected chi connectivity index (χ4v) is 3.67. The first-order valence-corrected chi connectivity index (χ1v) is 9.60. The zero-order chi connectivity index (χ0) is 20.2. The first-order valence-electron chi connectivity index (χ1n) is 9.60. The minimum atomic E-state index is -0.305. The molecular formula is C21H21N5O3. The Labute approximate surface area is 166 Å². The van der Waals surface area contributed by atoms with Crippen LogP contribution in [0.5, 0.6) is 0 Å². The van der Waals surface area contributed by atoms with Gasteiger partial charge in [0.2, 0.25) is 5.56 Å². The van der Waals surface area contributed by atoms with Crippen molar-refractivity contribution < 1.29 is 4.79 Å². The van der Waals surface area contributed by atoms with Gasteiger partial charge in [-0.05, 0) is 49.9 Å². The van der Waals surface area contributed by atoms with Gasteiger partial charge in [-0.2, -0.15) is 5.10 Å². The third kappa shape index (κ3) is 4.31. The molecule has 148 valence electrons. The summed E-state index contributed by atoms with van der Waals surface area (Å²) in [6, 6.07) is 9.86. The van der Waals surface area contributed by atoms with Gasteiger partial charge in [-0.1, -0.05) is 0 Å². The van der Waals surface area contributed by atoms with E-state index in [1.54, 1.807) is 29.2 Å². The summed E-state index contributed by atoms with van der Waals surface area (Å²) in [5.74, 6) is -0.256. The molecule has 3 aromatic heterocycles. The van der Waals surface area contributed by atoms with Crippen molar-refractivity contribution in [3.63, 3.8) is 0 Å². The average molecular weight is 391 g/mol. The Morgan fingerprint density at radius 1 is 1.10 bits per heavy atom. The number of hydrogen-bond acceptors (Lipinski definition) is 5. The number of carbonyl (C=O) groups is 1. The van der Waals surface area contributed by atoms with Crippen molar-refractivity contribution in [2.75, 3.05) is 0 Å². The Bertz CT molecular complexity index is 1110. The predicted octanol–water partition coefficient (Wildman–Crippen LogP) is 1.91. The van der Waals surface area contributed by atoms with E-state index in [0.29, 0.717) is 11.3 Å². The van der Waals surface area contributed by atoms with Crippen LogP contribution in [0.2, 0.25) is 0 Å². The van der Waals surface area contributed by atoms with Crippen molar-refractivity contribution >= 4 is 5.91 Å². The molecule has 2 N–H and O–H groups in total. The lowest BCUT2D eigenvalue weighted by atomic mass is 9.91. The third-order valence-electron chi connectivity index (χ3n) is 5.20. The SMILES string of the molecule is O=C(NC1CCC(n2nc(-c3cccnc3)ccc2=O)CC1)c1cc[nH]c(=O)c1. The van der Waals surface area contributed by atoms with Crippen molar-refractivity contribution in [2.24, 2.45) is 0 Å². The second-order valence-electron chi connectivity index (χ2n) is 7.16. The summed E-state index contributed by atoms with van der Waals surface area (Å²) in [4.78, 5) is 42.7. The Kier molecular flexibility index (Phi) is 5.33. The van der Waals surface area contributed by atoms with Gasteiger partial charge >= 0.3 is 0 Å². The van der Waals surface area contributed by atoms with E-state index in [1.165, 1.54) is 18.3 Å². The molecule has 0 bridgehead atoms. The summed E-state index contributed by atoms with van der Waals surface area (Å²) in [7, 11) is 0. The number of nitrogens with zero attached hydrogens (tertiary/aromatic N) is 3. The van der Waals surface area contributed by atoms with Crippen LogP contribution in [0.15, 0.2) is 64.6 Å². The van der Waals surface area contributed by atoms with Crippen molar-refractivity contribution in [3.05, 3.63) is 81.3 Å². The van der Waals surface area contributed by atoms with Crippen LogP contribution < -0.4 is 16.4 Å². The average Bonchev–Trinajstić information content (AvgIpc) is 2.75. The second kappa shape index (κ2) is 8.22. The van der Waals surface area contributed by atoms with Crippen LogP contribution in [0.3, 0.4) is 0 Å². The Balaban J connectivity index is 1.43. The summed E-state index contributed by atoms with van der Waals surface area (Å²) in [6.45, 7) is 0. The number of H-pyrrole nitrogens is 1. The largest absolute Gasteiger partial charge is 0.349 e. The highest BCUT2D eigenvalue weighted by atomic mass is 16.2. The van der Waals surface area contributed by atoms with Gasteiger partial charge in [0.05, 0.1) is 11.7 Å². The van der Waals surface area contributed by atoms with Crippen LogP contribution in [0, 0.1) is 0 Å². The molecule has 1 amide bonds. The van der Waals surface area contributed by atoms with E-state index >= 15 is 0 Å². The van der Waals surface area contributed by atoms with Crippen LogP contribution in [0.25, 0.3) is 11.3 Å². The first-order chi connectivity index (χ1) is 14.1. The molecule has 1 aliphatic carbocycles. The Morgan fingerprint density at radius 3 is 2.66 bits per heavy atom. The van der Waals surface area contributed by atoms with E-state index in [2.05, 4.69) is 20.4 Å². The zero-order valence-electron chi connectivity index (χ0n) is 15.7. The third-order valence-corrected chi connectivity index (χ3v) is 5.20. The highest BCUT2D eigenvalue weighted by molar-refractivity contribution is 5.94. The molecule has 0 aliphatic heterocycles. The van der Waals surface area contributed by atoms with Gasteiger partial charge in [0.15, 0.2) is 0 Å². The predicted molar refractivity (Wildman–Crippen MR) is 108 cm³/mol. The monoisotopic (exact) mass is 391 g/mol. The zero-order valence-corrected chi connectivity index (χ0v) is 15.7. The molecule has 4 rings (SSSR count). The highest BCUT2D eigenvalue weighted by Gasteiger charge is 2.25. The van der Waals surface area contributed by atoms with Crippen LogP contribution in [-0.4, -0.2) is 31.7 Å². The molecule has 0 radical (unpaired) electrons. The Hall–Kier alpha value is -3.55. The molecule has 8 nitrogen and oxygen atoms in total. The summed E-state index contributed by atoms with van der Waals surface area (Å²) < 4.78 is 1.55. The van der Waals surface area contributed by atoms with Gasteiger partial charge < -0.3 is 10.3 Å². The highest BCUT2D eigenvalue weighted by Crippen LogP contribution is 2.27. The topological polar surface area (TPSA) is 110 Å². The van der Waals surface area contributed by atoms with E-state index in [1.807, 2.05) is 12.1 Å². The molecule has 1 fully saturated rings. The molecule has 0 aromatic carbocycles. The van der Waals surface area contributed by atoms with Crippen LogP contribution in [0.1, 0.15) is 42.1 Å². The first kappa shape index (κ1) is 18.8. The molecular weight excluding hydrogens is 370 g/mol. The summed E-state index contributed by atoms with van der Waals surface area (Å²) in [5, 5.41) is 7.53. The fraction of sp³-hybridized carbons (Fsp3) is 0.286. The quantitative estimate of drug-likeness (QED) is 0.706. The number of nitrogens with one attached hydrogen (secondary N) is 2. The number of carbonyl (C=O) groups excluding carboxylic acids is 1. The number of amides is 1. The Morgan fingerprint density at radius 2 is 1.93 bits per heavy atom. The van der Waals surface area contributed by atoms with Gasteiger partial charge in [-0.15, -0.1) is 0 Å². The molecule has 8 heteroatoms. The van der Waals surface area contributed by atoms with Gasteiger partial charge in [0.25, 0.3) is 11.5 Å². The maximum absolute atomic E-state index is 12.4. The number of aromatic amines is 1. The molecule has 0 atom stereocenters. The van der Waals surface area contributed by atoms with E-state index in [9.17, 15) is 14.4 Å². The van der Waals surface area contributed by atoms with Gasteiger partial charge in [-0.25, -0.2) is 4.68 Å². The second-order valence-corrected chi connectivity index (χ2v) is 7.16. The number of aromatic nitrogens is 4. The van der Waals surface area contributed by atoms with E-state index < -0.39 is 0 Å². The fourth-order valence-electron chi connectivity index (χ4n) is 3.67. The van der Waals surface area contributed by atoms with Crippen LogP contribution in [-0.2, 0) is 0 Å². The standard InChI is InChI=1S/C21H21N5O3/c27-19-12-14(9-11-23-19)21(29)24-16-3-5-17(6-4-16)26-20(28)8-7-18(25-26)15-2-1-10-22-13-15/h1-2,7-13,16-17H,3-6H2,(H,23,27)(H,24,29). The molecule has 3 aromatic rings. The number of hydrogen-bond donors (Lipinski definition) is 2. The van der Waals surface area contributed by atoms with Crippen LogP contribution in [0.4, 0.5) is 0 Å². The van der Waals surface area contributed by atoms with Crippen LogP contribution >= 0.6 is 0 Å². The number of pyridine rings is 2. The van der Waals surface area contributed by atoms with E-state index in [4.69, 9.17) is 0 Å². The smallest absolute Gasteiger partial charge is 0.267 e. The normalized spacial score (nSPS) is 18.9. The number of rotatable bonds is 4. The van der Waals surface area contributed by atoms with Gasteiger partial charge in [0, 0.05) is 47.9 Å². The van der Waals surface area contributed by atoms with E-state index in [-0.39, 0.29) is 29.1 Å². The van der Waals surface area contributed by atoms with Crippen molar-refractivity contribution in [1.82, 2.24) is 25.1 Å². The molecule has 1 aliphatic rings.